The summed E-state index contributed by atoms with van der Waals surface area (Å²) < 4.78 is 5.56. The van der Waals surface area contributed by atoms with Gasteiger partial charge in [-0.15, -0.1) is 0 Å². The van der Waals surface area contributed by atoms with Gasteiger partial charge in [-0.25, -0.2) is 0 Å². The molecule has 0 aromatic heterocycles. The average molecular weight is 254 g/mol. The predicted molar refractivity (Wildman–Crippen MR) is 75.8 cm³/mol. The summed E-state index contributed by atoms with van der Waals surface area (Å²) in [6.45, 7) is 13.7. The zero-order valence-corrected chi connectivity index (χ0v) is 12.4. The van der Waals surface area contributed by atoms with E-state index in [-0.39, 0.29) is 0 Å². The number of ether oxygens (including phenoxy) is 1. The molecule has 0 bridgehead atoms. The summed E-state index contributed by atoms with van der Waals surface area (Å²) in [6, 6.07) is 0.617. The van der Waals surface area contributed by atoms with E-state index in [1.807, 2.05) is 0 Å². The van der Waals surface area contributed by atoms with Crippen LogP contribution in [0.25, 0.3) is 0 Å². The van der Waals surface area contributed by atoms with Crippen LogP contribution in [0.1, 0.15) is 40.0 Å². The van der Waals surface area contributed by atoms with Crippen molar-refractivity contribution < 1.29 is 4.74 Å². The summed E-state index contributed by atoms with van der Waals surface area (Å²) in [4.78, 5) is 2.66. The second-order valence-corrected chi connectivity index (χ2v) is 6.79. The number of likely N-dealkylation sites (N-methyl/N-ethyl adjacent to an activating group) is 1. The van der Waals surface area contributed by atoms with E-state index in [1.165, 1.54) is 38.9 Å². The lowest BCUT2D eigenvalue weighted by Crippen LogP contribution is -2.50. The van der Waals surface area contributed by atoms with Gasteiger partial charge in [0, 0.05) is 31.7 Å². The van der Waals surface area contributed by atoms with Gasteiger partial charge in [0.1, 0.15) is 0 Å². The SMILES string of the molecule is CCNC(CN1CCCC(C)(C)C1)C1CCOC1. The maximum atomic E-state index is 5.56. The largest absolute Gasteiger partial charge is 0.381 e. The molecule has 18 heavy (non-hydrogen) atoms. The molecular formula is C15H30N2O. The first-order valence-electron chi connectivity index (χ1n) is 7.64. The minimum atomic E-state index is 0.501. The Bertz CT molecular complexity index is 249. The molecule has 0 radical (unpaired) electrons. The third-order valence-electron chi connectivity index (χ3n) is 4.43. The third kappa shape index (κ3) is 3.94. The minimum Gasteiger partial charge on any atom is -0.381 e. The Balaban J connectivity index is 1.87. The van der Waals surface area contributed by atoms with E-state index in [2.05, 4.69) is 31.0 Å². The standard InChI is InChI=1S/C15H30N2O/c1-4-16-14(13-6-9-18-11-13)10-17-8-5-7-15(2,3)12-17/h13-14,16H,4-12H2,1-3H3. The molecule has 0 aromatic rings. The van der Waals surface area contributed by atoms with E-state index in [0.29, 0.717) is 11.5 Å². The molecule has 2 rings (SSSR count). The van der Waals surface area contributed by atoms with Crippen LogP contribution in [0, 0.1) is 11.3 Å². The smallest absolute Gasteiger partial charge is 0.0510 e. The highest BCUT2D eigenvalue weighted by atomic mass is 16.5. The van der Waals surface area contributed by atoms with Gasteiger partial charge in [0.2, 0.25) is 0 Å². The van der Waals surface area contributed by atoms with Gasteiger partial charge in [-0.1, -0.05) is 20.8 Å². The van der Waals surface area contributed by atoms with E-state index in [9.17, 15) is 0 Å². The normalized spacial score (nSPS) is 30.5. The summed E-state index contributed by atoms with van der Waals surface area (Å²) in [7, 11) is 0. The molecule has 0 aromatic carbocycles. The number of likely N-dealkylation sites (tertiary alicyclic amines) is 1. The number of nitrogens with zero attached hydrogens (tertiary/aromatic N) is 1. The molecular weight excluding hydrogens is 224 g/mol. The monoisotopic (exact) mass is 254 g/mol. The quantitative estimate of drug-likeness (QED) is 0.813. The van der Waals surface area contributed by atoms with Crippen molar-refractivity contribution in [3.8, 4) is 0 Å². The maximum absolute atomic E-state index is 5.56. The molecule has 2 unspecified atom stereocenters. The minimum absolute atomic E-state index is 0.501. The Hall–Kier alpha value is -0.120. The molecule has 2 aliphatic heterocycles. The van der Waals surface area contributed by atoms with E-state index in [4.69, 9.17) is 4.74 Å². The van der Waals surface area contributed by atoms with Crippen LogP contribution in [-0.2, 0) is 4.74 Å². The molecule has 3 heteroatoms. The lowest BCUT2D eigenvalue weighted by atomic mass is 9.83. The molecule has 1 N–H and O–H groups in total. The molecule has 0 amide bonds. The molecule has 2 fully saturated rings. The first-order chi connectivity index (χ1) is 8.61. The fourth-order valence-corrected chi connectivity index (χ4v) is 3.49. The molecule has 0 aliphatic carbocycles. The zero-order valence-electron chi connectivity index (χ0n) is 12.4. The Labute approximate surface area is 112 Å². The van der Waals surface area contributed by atoms with Crippen molar-refractivity contribution in [2.24, 2.45) is 11.3 Å². The van der Waals surface area contributed by atoms with Crippen LogP contribution in [0.3, 0.4) is 0 Å². The highest BCUT2D eigenvalue weighted by Crippen LogP contribution is 2.29. The first-order valence-corrected chi connectivity index (χ1v) is 7.64. The Kier molecular flexibility index (Phi) is 5.05. The Morgan fingerprint density at radius 3 is 2.89 bits per heavy atom. The van der Waals surface area contributed by atoms with Gasteiger partial charge in [-0.05, 0) is 37.8 Å². The van der Waals surface area contributed by atoms with Gasteiger partial charge in [0.25, 0.3) is 0 Å². The van der Waals surface area contributed by atoms with Crippen LogP contribution in [0.15, 0.2) is 0 Å². The van der Waals surface area contributed by atoms with E-state index in [1.54, 1.807) is 0 Å². The van der Waals surface area contributed by atoms with Crippen molar-refractivity contribution in [2.75, 3.05) is 39.4 Å². The number of nitrogens with one attached hydrogen (secondary N) is 1. The number of hydrogen-bond donors (Lipinski definition) is 1. The second-order valence-electron chi connectivity index (χ2n) is 6.79. The van der Waals surface area contributed by atoms with Crippen LogP contribution in [0.4, 0.5) is 0 Å². The fraction of sp³-hybridized carbons (Fsp3) is 1.00. The van der Waals surface area contributed by atoms with Crippen molar-refractivity contribution >= 4 is 0 Å². The van der Waals surface area contributed by atoms with Crippen LogP contribution in [0.5, 0.6) is 0 Å². The van der Waals surface area contributed by atoms with Gasteiger partial charge in [0.15, 0.2) is 0 Å². The molecule has 2 saturated heterocycles. The lowest BCUT2D eigenvalue weighted by Gasteiger charge is -2.40. The number of rotatable bonds is 5. The van der Waals surface area contributed by atoms with E-state index in [0.717, 1.165) is 25.7 Å². The summed E-state index contributed by atoms with van der Waals surface area (Å²) in [6.07, 6.45) is 3.96. The summed E-state index contributed by atoms with van der Waals surface area (Å²) in [5.41, 5.74) is 0.501. The number of piperidine rings is 1. The predicted octanol–water partition coefficient (Wildman–Crippen LogP) is 2.12. The molecule has 0 spiro atoms. The molecule has 2 aliphatic rings. The molecule has 2 heterocycles. The first kappa shape index (κ1) is 14.3. The van der Waals surface area contributed by atoms with Gasteiger partial charge < -0.3 is 15.0 Å². The van der Waals surface area contributed by atoms with Crippen LogP contribution in [-0.4, -0.2) is 50.3 Å². The molecule has 3 nitrogen and oxygen atoms in total. The van der Waals surface area contributed by atoms with Gasteiger partial charge in [0.05, 0.1) is 6.61 Å². The summed E-state index contributed by atoms with van der Waals surface area (Å²) in [5.74, 6) is 0.718. The zero-order chi connectivity index (χ0) is 13.0. The second kappa shape index (κ2) is 6.36. The van der Waals surface area contributed by atoms with Crippen LogP contribution < -0.4 is 5.32 Å². The van der Waals surface area contributed by atoms with E-state index >= 15 is 0 Å². The van der Waals surface area contributed by atoms with Crippen molar-refractivity contribution in [3.05, 3.63) is 0 Å². The molecule has 0 saturated carbocycles. The van der Waals surface area contributed by atoms with Crippen LogP contribution >= 0.6 is 0 Å². The maximum Gasteiger partial charge on any atom is 0.0510 e. The topological polar surface area (TPSA) is 24.5 Å². The van der Waals surface area contributed by atoms with Crippen LogP contribution in [0.2, 0.25) is 0 Å². The van der Waals surface area contributed by atoms with Gasteiger partial charge >= 0.3 is 0 Å². The van der Waals surface area contributed by atoms with Crippen molar-refractivity contribution in [3.63, 3.8) is 0 Å². The third-order valence-corrected chi connectivity index (χ3v) is 4.43. The molecule has 106 valence electrons. The number of hydrogen-bond acceptors (Lipinski definition) is 3. The van der Waals surface area contributed by atoms with Gasteiger partial charge in [-0.2, -0.15) is 0 Å². The average Bonchev–Trinajstić information content (AvgIpc) is 2.80. The fourth-order valence-electron chi connectivity index (χ4n) is 3.49. The Morgan fingerprint density at radius 2 is 2.28 bits per heavy atom. The van der Waals surface area contributed by atoms with Crippen molar-refractivity contribution in [1.82, 2.24) is 10.2 Å². The summed E-state index contributed by atoms with van der Waals surface area (Å²) in [5, 5.41) is 3.68. The highest BCUT2D eigenvalue weighted by molar-refractivity contribution is 4.86. The van der Waals surface area contributed by atoms with Gasteiger partial charge in [-0.3, -0.25) is 0 Å². The molecule has 2 atom stereocenters. The van der Waals surface area contributed by atoms with Crippen molar-refractivity contribution in [2.45, 2.75) is 46.1 Å². The van der Waals surface area contributed by atoms with E-state index < -0.39 is 0 Å². The Morgan fingerprint density at radius 1 is 1.44 bits per heavy atom. The van der Waals surface area contributed by atoms with Crippen molar-refractivity contribution in [1.29, 1.82) is 0 Å². The highest BCUT2D eigenvalue weighted by Gasteiger charge is 2.31. The summed E-state index contributed by atoms with van der Waals surface area (Å²) >= 11 is 0. The lowest BCUT2D eigenvalue weighted by molar-refractivity contribution is 0.0948.